The first-order valence-electron chi connectivity index (χ1n) is 8.79. The third-order valence-electron chi connectivity index (χ3n) is 4.59. The number of amides is 1. The van der Waals surface area contributed by atoms with E-state index in [-0.39, 0.29) is 17.6 Å². The summed E-state index contributed by atoms with van der Waals surface area (Å²) in [7, 11) is 0. The topological polar surface area (TPSA) is 93.3 Å². The number of carbonyl (C=O) groups excluding carboxylic acids is 2. The van der Waals surface area contributed by atoms with E-state index in [1.165, 1.54) is 0 Å². The molecular formula is C20H19N3O4. The molecule has 1 aliphatic heterocycles. The zero-order chi connectivity index (χ0) is 18.8. The number of hydrogen-bond acceptors (Lipinski definition) is 5. The normalized spacial score (nSPS) is 16.9. The Labute approximate surface area is 155 Å². The fraction of sp³-hybridized carbons (Fsp3) is 0.250. The molecule has 1 amide bonds. The van der Waals surface area contributed by atoms with Crippen molar-refractivity contribution in [3.63, 3.8) is 0 Å². The Hall–Kier alpha value is -3.35. The number of hydrogen-bond donors (Lipinski definition) is 2. The molecule has 0 spiro atoms. The van der Waals surface area contributed by atoms with Gasteiger partial charge in [0.25, 0.3) is 5.91 Å². The van der Waals surface area contributed by atoms with E-state index in [4.69, 9.17) is 9.47 Å². The first-order valence-corrected chi connectivity index (χ1v) is 8.79. The standard InChI is InChI=1S/C20H19N3O4/c1-12(27-20(25)18-14-7-2-4-8-16(14)22-23-18)19(24)21-15-10-11-26-17-9-5-3-6-13(15)17/h2-9,12,15H,10-11H2,1H3,(H,21,24)(H,22,23)/t12-,15+/m1/s1. The van der Waals surface area contributed by atoms with Gasteiger partial charge in [0.15, 0.2) is 11.8 Å². The van der Waals surface area contributed by atoms with Gasteiger partial charge in [0.2, 0.25) is 0 Å². The molecule has 0 aliphatic carbocycles. The Bertz CT molecular complexity index is 998. The zero-order valence-corrected chi connectivity index (χ0v) is 14.8. The summed E-state index contributed by atoms with van der Waals surface area (Å²) in [4.78, 5) is 25.0. The SMILES string of the molecule is C[C@@H](OC(=O)c1n[nH]c2ccccc12)C(=O)N[C@H]1CCOc2ccccc21. The Morgan fingerprint density at radius 3 is 2.89 bits per heavy atom. The highest BCUT2D eigenvalue weighted by Gasteiger charge is 2.27. The third kappa shape index (κ3) is 3.36. The summed E-state index contributed by atoms with van der Waals surface area (Å²) in [6.07, 6.45) is -0.282. The van der Waals surface area contributed by atoms with Gasteiger partial charge in [0.1, 0.15) is 5.75 Å². The van der Waals surface area contributed by atoms with Gasteiger partial charge >= 0.3 is 5.97 Å². The first-order chi connectivity index (χ1) is 13.1. The van der Waals surface area contributed by atoms with Gasteiger partial charge in [0.05, 0.1) is 18.2 Å². The summed E-state index contributed by atoms with van der Waals surface area (Å²) in [6.45, 7) is 2.07. The van der Waals surface area contributed by atoms with Crippen molar-refractivity contribution in [3.05, 3.63) is 59.8 Å². The Kier molecular flexibility index (Phi) is 4.50. The van der Waals surface area contributed by atoms with Crippen LogP contribution in [-0.4, -0.2) is 34.8 Å². The molecule has 138 valence electrons. The number of aromatic nitrogens is 2. The number of esters is 1. The summed E-state index contributed by atoms with van der Waals surface area (Å²) in [5.74, 6) is -0.228. The molecule has 4 rings (SSSR count). The van der Waals surface area contributed by atoms with Gasteiger partial charge in [-0.05, 0) is 19.1 Å². The molecule has 0 saturated heterocycles. The van der Waals surface area contributed by atoms with Crippen LogP contribution in [-0.2, 0) is 9.53 Å². The van der Waals surface area contributed by atoms with E-state index < -0.39 is 12.1 Å². The van der Waals surface area contributed by atoms with Crippen molar-refractivity contribution in [1.82, 2.24) is 15.5 Å². The number of carbonyl (C=O) groups is 2. The van der Waals surface area contributed by atoms with Crippen LogP contribution >= 0.6 is 0 Å². The summed E-state index contributed by atoms with van der Waals surface area (Å²) in [6, 6.07) is 14.7. The second kappa shape index (κ2) is 7.11. The van der Waals surface area contributed by atoms with Crippen molar-refractivity contribution in [2.75, 3.05) is 6.61 Å². The van der Waals surface area contributed by atoms with E-state index in [9.17, 15) is 9.59 Å². The number of nitrogens with one attached hydrogen (secondary N) is 2. The highest BCUT2D eigenvalue weighted by molar-refractivity contribution is 6.02. The van der Waals surface area contributed by atoms with Crippen LogP contribution in [0.5, 0.6) is 5.75 Å². The average molecular weight is 365 g/mol. The minimum absolute atomic E-state index is 0.168. The van der Waals surface area contributed by atoms with E-state index in [1.807, 2.05) is 42.5 Å². The molecule has 2 atom stereocenters. The summed E-state index contributed by atoms with van der Waals surface area (Å²) in [5.41, 5.74) is 1.83. The molecule has 7 nitrogen and oxygen atoms in total. The lowest BCUT2D eigenvalue weighted by molar-refractivity contribution is -0.130. The Balaban J connectivity index is 1.43. The molecular weight excluding hydrogens is 346 g/mol. The van der Waals surface area contributed by atoms with Crippen LogP contribution in [0.4, 0.5) is 0 Å². The highest BCUT2D eigenvalue weighted by Crippen LogP contribution is 2.31. The number of para-hydroxylation sites is 2. The van der Waals surface area contributed by atoms with Gasteiger partial charge in [-0.3, -0.25) is 9.89 Å². The van der Waals surface area contributed by atoms with Crippen molar-refractivity contribution in [3.8, 4) is 5.75 Å². The van der Waals surface area contributed by atoms with E-state index in [0.717, 1.165) is 16.8 Å². The monoisotopic (exact) mass is 365 g/mol. The number of aromatic amines is 1. The fourth-order valence-corrected chi connectivity index (χ4v) is 3.17. The molecule has 2 N–H and O–H groups in total. The molecule has 3 aromatic rings. The van der Waals surface area contributed by atoms with Crippen LogP contribution in [0.15, 0.2) is 48.5 Å². The zero-order valence-electron chi connectivity index (χ0n) is 14.8. The quantitative estimate of drug-likeness (QED) is 0.694. The number of ether oxygens (including phenoxy) is 2. The van der Waals surface area contributed by atoms with Gasteiger partial charge < -0.3 is 14.8 Å². The summed E-state index contributed by atoms with van der Waals surface area (Å²) in [5, 5.41) is 10.4. The van der Waals surface area contributed by atoms with Crippen molar-refractivity contribution >= 4 is 22.8 Å². The van der Waals surface area contributed by atoms with Crippen molar-refractivity contribution in [2.24, 2.45) is 0 Å². The lowest BCUT2D eigenvalue weighted by Gasteiger charge is -2.27. The largest absolute Gasteiger partial charge is 0.493 e. The van der Waals surface area contributed by atoms with Gasteiger partial charge in [-0.25, -0.2) is 4.79 Å². The minimum Gasteiger partial charge on any atom is -0.493 e. The van der Waals surface area contributed by atoms with Gasteiger partial charge in [-0.1, -0.05) is 36.4 Å². The molecule has 2 heterocycles. The van der Waals surface area contributed by atoms with Crippen LogP contribution in [0.3, 0.4) is 0 Å². The maximum atomic E-state index is 12.5. The third-order valence-corrected chi connectivity index (χ3v) is 4.59. The van der Waals surface area contributed by atoms with Crippen molar-refractivity contribution in [2.45, 2.75) is 25.5 Å². The molecule has 0 saturated carbocycles. The Morgan fingerprint density at radius 2 is 2.00 bits per heavy atom. The van der Waals surface area contributed by atoms with Crippen LogP contribution < -0.4 is 10.1 Å². The molecule has 0 radical (unpaired) electrons. The predicted molar refractivity (Wildman–Crippen MR) is 98.4 cm³/mol. The van der Waals surface area contributed by atoms with E-state index in [1.54, 1.807) is 13.0 Å². The van der Waals surface area contributed by atoms with Crippen LogP contribution in [0.1, 0.15) is 35.4 Å². The number of fused-ring (bicyclic) bond motifs is 2. The molecule has 0 bridgehead atoms. The maximum absolute atomic E-state index is 12.5. The smallest absolute Gasteiger partial charge is 0.360 e. The fourth-order valence-electron chi connectivity index (χ4n) is 3.17. The lowest BCUT2D eigenvalue weighted by Crippen LogP contribution is -2.39. The van der Waals surface area contributed by atoms with E-state index >= 15 is 0 Å². The van der Waals surface area contributed by atoms with Crippen molar-refractivity contribution in [1.29, 1.82) is 0 Å². The predicted octanol–water partition coefficient (Wildman–Crippen LogP) is 2.75. The average Bonchev–Trinajstić information content (AvgIpc) is 3.12. The lowest BCUT2D eigenvalue weighted by atomic mass is 10.0. The number of rotatable bonds is 4. The summed E-state index contributed by atoms with van der Waals surface area (Å²) < 4.78 is 10.9. The number of benzene rings is 2. The molecule has 27 heavy (non-hydrogen) atoms. The van der Waals surface area contributed by atoms with Crippen LogP contribution in [0.2, 0.25) is 0 Å². The second-order valence-corrected chi connectivity index (χ2v) is 6.40. The number of nitrogens with zero attached hydrogens (tertiary/aromatic N) is 1. The van der Waals surface area contributed by atoms with Gasteiger partial charge in [0, 0.05) is 17.4 Å². The highest BCUT2D eigenvalue weighted by atomic mass is 16.5. The first kappa shape index (κ1) is 17.1. The van der Waals surface area contributed by atoms with E-state index in [2.05, 4.69) is 15.5 Å². The number of H-pyrrole nitrogens is 1. The molecule has 2 aromatic carbocycles. The summed E-state index contributed by atoms with van der Waals surface area (Å²) >= 11 is 0. The van der Waals surface area contributed by atoms with Gasteiger partial charge in [-0.2, -0.15) is 5.10 Å². The molecule has 1 aromatic heterocycles. The second-order valence-electron chi connectivity index (χ2n) is 6.40. The maximum Gasteiger partial charge on any atom is 0.360 e. The molecule has 0 fully saturated rings. The minimum atomic E-state index is -0.942. The molecule has 1 aliphatic rings. The Morgan fingerprint density at radius 1 is 1.22 bits per heavy atom. The van der Waals surface area contributed by atoms with Crippen LogP contribution in [0, 0.1) is 0 Å². The van der Waals surface area contributed by atoms with Crippen molar-refractivity contribution < 1.29 is 19.1 Å². The molecule has 7 heteroatoms. The van der Waals surface area contributed by atoms with Gasteiger partial charge in [-0.15, -0.1) is 0 Å². The molecule has 0 unspecified atom stereocenters. The van der Waals surface area contributed by atoms with Crippen LogP contribution in [0.25, 0.3) is 10.9 Å². The van der Waals surface area contributed by atoms with E-state index in [0.29, 0.717) is 18.4 Å².